The van der Waals surface area contributed by atoms with Crippen LogP contribution in [0.2, 0.25) is 0 Å². The van der Waals surface area contributed by atoms with Crippen LogP contribution in [-0.2, 0) is 6.54 Å². The van der Waals surface area contributed by atoms with Crippen molar-refractivity contribution in [2.24, 2.45) is 0 Å². The summed E-state index contributed by atoms with van der Waals surface area (Å²) >= 11 is 1.79. The third-order valence-electron chi connectivity index (χ3n) is 3.94. The number of rotatable bonds is 3. The Kier molecular flexibility index (Phi) is 4.59. The van der Waals surface area contributed by atoms with Crippen LogP contribution in [0.3, 0.4) is 0 Å². The molecule has 0 bridgehead atoms. The first kappa shape index (κ1) is 15.2. The predicted octanol–water partition coefficient (Wildman–Crippen LogP) is 2.70. The maximum Gasteiger partial charge on any atom is 0.276 e. The van der Waals surface area contributed by atoms with Gasteiger partial charge in [0.05, 0.1) is 0 Å². The van der Waals surface area contributed by atoms with E-state index in [-0.39, 0.29) is 5.91 Å². The number of hydrogen-bond acceptors (Lipinski definition) is 5. The topological polar surface area (TPSA) is 49.6 Å². The molecule has 0 unspecified atom stereocenters. The molecule has 0 saturated carbocycles. The van der Waals surface area contributed by atoms with Crippen LogP contribution < -0.4 is 0 Å². The molecule has 6 heteroatoms. The summed E-state index contributed by atoms with van der Waals surface area (Å²) in [7, 11) is 0. The SMILES string of the molecule is Cc1nc(C(=O)N2CCCN(Cc3cccs3)CC2)c(C)o1. The van der Waals surface area contributed by atoms with Crippen molar-refractivity contribution in [1.29, 1.82) is 0 Å². The number of aromatic nitrogens is 1. The zero-order valence-electron chi connectivity index (χ0n) is 13.0. The Hall–Kier alpha value is -1.66. The lowest BCUT2D eigenvalue weighted by Crippen LogP contribution is -2.35. The molecule has 5 nitrogen and oxygen atoms in total. The minimum absolute atomic E-state index is 0.00711. The van der Waals surface area contributed by atoms with E-state index in [1.807, 2.05) is 4.90 Å². The summed E-state index contributed by atoms with van der Waals surface area (Å²) in [6.45, 7) is 8.00. The first-order valence-corrected chi connectivity index (χ1v) is 8.49. The van der Waals surface area contributed by atoms with E-state index in [9.17, 15) is 4.79 Å². The molecule has 1 aliphatic heterocycles. The molecule has 3 heterocycles. The van der Waals surface area contributed by atoms with Crippen molar-refractivity contribution in [3.8, 4) is 0 Å². The summed E-state index contributed by atoms with van der Waals surface area (Å²) in [5, 5.41) is 2.11. The number of carbonyl (C=O) groups excluding carboxylic acids is 1. The predicted molar refractivity (Wildman–Crippen MR) is 86.1 cm³/mol. The minimum Gasteiger partial charge on any atom is -0.445 e. The largest absolute Gasteiger partial charge is 0.445 e. The highest BCUT2D eigenvalue weighted by Crippen LogP contribution is 2.16. The summed E-state index contributed by atoms with van der Waals surface area (Å²) < 4.78 is 5.38. The van der Waals surface area contributed by atoms with Gasteiger partial charge in [0, 0.05) is 44.5 Å². The molecule has 0 radical (unpaired) electrons. The van der Waals surface area contributed by atoms with Crippen LogP contribution in [0.25, 0.3) is 0 Å². The van der Waals surface area contributed by atoms with Crippen LogP contribution in [0, 0.1) is 13.8 Å². The average molecular weight is 319 g/mol. The fourth-order valence-electron chi connectivity index (χ4n) is 2.83. The first-order valence-electron chi connectivity index (χ1n) is 7.61. The van der Waals surface area contributed by atoms with Crippen molar-refractivity contribution in [2.45, 2.75) is 26.8 Å². The van der Waals surface area contributed by atoms with Gasteiger partial charge in [-0.2, -0.15) is 0 Å². The van der Waals surface area contributed by atoms with E-state index < -0.39 is 0 Å². The van der Waals surface area contributed by atoms with Gasteiger partial charge in [0.15, 0.2) is 11.6 Å². The molecular formula is C16H21N3O2S. The van der Waals surface area contributed by atoms with Crippen LogP contribution >= 0.6 is 11.3 Å². The first-order chi connectivity index (χ1) is 10.6. The lowest BCUT2D eigenvalue weighted by molar-refractivity contribution is 0.0754. The Bertz CT molecular complexity index is 636. The maximum absolute atomic E-state index is 12.6. The molecule has 0 aromatic carbocycles. The zero-order chi connectivity index (χ0) is 15.5. The van der Waals surface area contributed by atoms with Gasteiger partial charge in [-0.05, 0) is 24.8 Å². The molecule has 0 atom stereocenters. The van der Waals surface area contributed by atoms with Gasteiger partial charge < -0.3 is 9.32 Å². The second-order valence-corrected chi connectivity index (χ2v) is 6.67. The Morgan fingerprint density at radius 2 is 2.18 bits per heavy atom. The van der Waals surface area contributed by atoms with Gasteiger partial charge in [0.2, 0.25) is 0 Å². The van der Waals surface area contributed by atoms with Crippen molar-refractivity contribution in [3.63, 3.8) is 0 Å². The third-order valence-corrected chi connectivity index (χ3v) is 4.80. The highest BCUT2D eigenvalue weighted by Gasteiger charge is 2.24. The normalized spacial score (nSPS) is 16.7. The van der Waals surface area contributed by atoms with E-state index in [4.69, 9.17) is 4.42 Å². The van der Waals surface area contributed by atoms with Gasteiger partial charge in [0.25, 0.3) is 5.91 Å². The van der Waals surface area contributed by atoms with E-state index in [1.165, 1.54) is 4.88 Å². The molecule has 22 heavy (non-hydrogen) atoms. The van der Waals surface area contributed by atoms with Gasteiger partial charge in [-0.25, -0.2) is 4.98 Å². The van der Waals surface area contributed by atoms with Crippen LogP contribution in [0.1, 0.15) is 33.4 Å². The van der Waals surface area contributed by atoms with E-state index in [0.29, 0.717) is 17.3 Å². The molecule has 3 rings (SSSR count). The summed E-state index contributed by atoms with van der Waals surface area (Å²) in [6, 6.07) is 4.25. The van der Waals surface area contributed by atoms with E-state index in [0.717, 1.165) is 39.1 Å². The van der Waals surface area contributed by atoms with Crippen molar-refractivity contribution >= 4 is 17.2 Å². The lowest BCUT2D eigenvalue weighted by atomic mass is 10.3. The number of oxazole rings is 1. The molecule has 0 spiro atoms. The quantitative estimate of drug-likeness (QED) is 0.873. The molecule has 0 aliphatic carbocycles. The fourth-order valence-corrected chi connectivity index (χ4v) is 3.58. The molecule has 1 amide bonds. The Morgan fingerprint density at radius 1 is 1.32 bits per heavy atom. The number of nitrogens with zero attached hydrogens (tertiary/aromatic N) is 3. The fraction of sp³-hybridized carbons (Fsp3) is 0.500. The summed E-state index contributed by atoms with van der Waals surface area (Å²) in [4.78, 5) is 22.5. The minimum atomic E-state index is -0.00711. The van der Waals surface area contributed by atoms with E-state index >= 15 is 0 Å². The smallest absolute Gasteiger partial charge is 0.276 e. The third kappa shape index (κ3) is 3.39. The highest BCUT2D eigenvalue weighted by atomic mass is 32.1. The maximum atomic E-state index is 12.6. The monoisotopic (exact) mass is 319 g/mol. The number of hydrogen-bond donors (Lipinski definition) is 0. The molecule has 2 aromatic rings. The second kappa shape index (κ2) is 6.62. The zero-order valence-corrected chi connectivity index (χ0v) is 13.9. The summed E-state index contributed by atoms with van der Waals surface area (Å²) in [5.74, 6) is 1.16. The number of thiophene rings is 1. The molecule has 1 saturated heterocycles. The Balaban J connectivity index is 1.62. The standard InChI is InChI=1S/C16H21N3O2S/c1-12-15(17-13(2)21-12)16(20)19-7-4-6-18(8-9-19)11-14-5-3-10-22-14/h3,5,10H,4,6-9,11H2,1-2H3. The van der Waals surface area contributed by atoms with Crippen molar-refractivity contribution < 1.29 is 9.21 Å². The number of amides is 1. The van der Waals surface area contributed by atoms with E-state index in [1.54, 1.807) is 25.2 Å². The van der Waals surface area contributed by atoms with Crippen LogP contribution in [0.15, 0.2) is 21.9 Å². The molecule has 1 aliphatic rings. The van der Waals surface area contributed by atoms with Crippen molar-refractivity contribution in [2.75, 3.05) is 26.2 Å². The van der Waals surface area contributed by atoms with Gasteiger partial charge in [0.1, 0.15) is 5.76 Å². The molecule has 2 aromatic heterocycles. The number of carbonyl (C=O) groups is 1. The van der Waals surface area contributed by atoms with Gasteiger partial charge in [-0.1, -0.05) is 6.07 Å². The lowest BCUT2D eigenvalue weighted by Gasteiger charge is -2.21. The Morgan fingerprint density at radius 3 is 2.86 bits per heavy atom. The van der Waals surface area contributed by atoms with Crippen LogP contribution in [0.4, 0.5) is 0 Å². The molecular weight excluding hydrogens is 298 g/mol. The highest BCUT2D eigenvalue weighted by molar-refractivity contribution is 7.09. The summed E-state index contributed by atoms with van der Waals surface area (Å²) in [5.41, 5.74) is 0.462. The summed E-state index contributed by atoms with van der Waals surface area (Å²) in [6.07, 6.45) is 0.993. The molecule has 0 N–H and O–H groups in total. The molecule has 1 fully saturated rings. The van der Waals surface area contributed by atoms with Crippen molar-refractivity contribution in [1.82, 2.24) is 14.8 Å². The van der Waals surface area contributed by atoms with E-state index in [2.05, 4.69) is 27.4 Å². The van der Waals surface area contributed by atoms with Gasteiger partial charge in [-0.15, -0.1) is 11.3 Å². The number of aryl methyl sites for hydroxylation is 2. The van der Waals surface area contributed by atoms with Gasteiger partial charge >= 0.3 is 0 Å². The Labute approximate surface area is 134 Å². The molecule has 118 valence electrons. The van der Waals surface area contributed by atoms with Crippen LogP contribution in [0.5, 0.6) is 0 Å². The average Bonchev–Trinajstić information content (AvgIpc) is 3.03. The van der Waals surface area contributed by atoms with Crippen molar-refractivity contribution in [3.05, 3.63) is 39.7 Å². The van der Waals surface area contributed by atoms with Crippen LogP contribution in [-0.4, -0.2) is 46.9 Å². The van der Waals surface area contributed by atoms with Gasteiger partial charge in [-0.3, -0.25) is 9.69 Å². The second-order valence-electron chi connectivity index (χ2n) is 5.64.